The van der Waals surface area contributed by atoms with Crippen LogP contribution in [0.4, 0.5) is 5.82 Å². The lowest BCUT2D eigenvalue weighted by Crippen LogP contribution is -2.15. The van der Waals surface area contributed by atoms with Gasteiger partial charge < -0.3 is 19.8 Å². The Balaban J connectivity index is 2.04. The molecule has 5 nitrogen and oxygen atoms in total. The zero-order chi connectivity index (χ0) is 14.8. The predicted molar refractivity (Wildman–Crippen MR) is 82.7 cm³/mol. The molecule has 1 aliphatic rings. The van der Waals surface area contributed by atoms with Crippen molar-refractivity contribution in [3.05, 3.63) is 24.0 Å². The highest BCUT2D eigenvalue weighted by molar-refractivity contribution is 5.73. The molecule has 0 saturated heterocycles. The Bertz CT molecular complexity index is 649. The van der Waals surface area contributed by atoms with Crippen LogP contribution < -0.4 is 15.2 Å². The number of nitrogens with zero attached hydrogens (tertiary/aromatic N) is 2. The first-order chi connectivity index (χ1) is 10.2. The summed E-state index contributed by atoms with van der Waals surface area (Å²) in [4.78, 5) is 4.71. The molecule has 1 aliphatic heterocycles. The number of aryl methyl sites for hydroxylation is 1. The number of aromatic nitrogens is 2. The zero-order valence-electron chi connectivity index (χ0n) is 12.6. The Labute approximate surface area is 124 Å². The molecule has 0 atom stereocenters. The fourth-order valence-electron chi connectivity index (χ4n) is 2.66. The van der Waals surface area contributed by atoms with Crippen LogP contribution in [0, 0.1) is 0 Å². The molecule has 1 aromatic carbocycles. The normalized spacial score (nSPS) is 13.4. The topological polar surface area (TPSA) is 62.3 Å². The summed E-state index contributed by atoms with van der Waals surface area (Å²) in [5, 5.41) is 0. The van der Waals surface area contributed by atoms with E-state index in [-0.39, 0.29) is 0 Å². The van der Waals surface area contributed by atoms with Gasteiger partial charge in [-0.2, -0.15) is 0 Å². The summed E-state index contributed by atoms with van der Waals surface area (Å²) in [7, 11) is 0. The SMILES string of the molecule is CCCn1c(CC)nc(-c2ccc3c(c2)OCCO3)c1N. The summed E-state index contributed by atoms with van der Waals surface area (Å²) in [6, 6.07) is 5.87. The third-order valence-corrected chi connectivity index (χ3v) is 3.66. The molecular weight excluding hydrogens is 266 g/mol. The van der Waals surface area contributed by atoms with E-state index in [2.05, 4.69) is 18.4 Å². The Hall–Kier alpha value is -2.17. The van der Waals surface area contributed by atoms with Crippen LogP contribution in [0.1, 0.15) is 26.1 Å². The number of benzene rings is 1. The van der Waals surface area contributed by atoms with Crippen LogP contribution in [0.2, 0.25) is 0 Å². The van der Waals surface area contributed by atoms with Gasteiger partial charge in [0.25, 0.3) is 0 Å². The molecule has 21 heavy (non-hydrogen) atoms. The van der Waals surface area contributed by atoms with Gasteiger partial charge in [0, 0.05) is 18.5 Å². The average Bonchev–Trinajstić information content (AvgIpc) is 2.84. The van der Waals surface area contributed by atoms with Crippen molar-refractivity contribution in [2.45, 2.75) is 33.2 Å². The molecule has 0 saturated carbocycles. The van der Waals surface area contributed by atoms with E-state index in [0.717, 1.165) is 53.8 Å². The zero-order valence-corrected chi connectivity index (χ0v) is 12.6. The van der Waals surface area contributed by atoms with E-state index in [9.17, 15) is 0 Å². The van der Waals surface area contributed by atoms with E-state index in [1.54, 1.807) is 0 Å². The third-order valence-electron chi connectivity index (χ3n) is 3.66. The van der Waals surface area contributed by atoms with Crippen molar-refractivity contribution < 1.29 is 9.47 Å². The average molecular weight is 287 g/mol. The highest BCUT2D eigenvalue weighted by atomic mass is 16.6. The molecule has 0 bridgehead atoms. The number of hydrogen-bond donors (Lipinski definition) is 1. The fraction of sp³-hybridized carbons (Fsp3) is 0.438. The van der Waals surface area contributed by atoms with E-state index in [1.807, 2.05) is 18.2 Å². The first-order valence-corrected chi connectivity index (χ1v) is 7.49. The Morgan fingerprint density at radius 2 is 1.95 bits per heavy atom. The van der Waals surface area contributed by atoms with Crippen molar-refractivity contribution in [3.8, 4) is 22.8 Å². The maximum Gasteiger partial charge on any atom is 0.162 e. The molecule has 3 rings (SSSR count). The van der Waals surface area contributed by atoms with E-state index >= 15 is 0 Å². The number of anilines is 1. The van der Waals surface area contributed by atoms with Crippen LogP contribution >= 0.6 is 0 Å². The molecule has 1 aromatic heterocycles. The van der Waals surface area contributed by atoms with Crippen LogP contribution in [-0.2, 0) is 13.0 Å². The van der Waals surface area contributed by atoms with Crippen molar-refractivity contribution in [2.75, 3.05) is 18.9 Å². The van der Waals surface area contributed by atoms with Gasteiger partial charge in [-0.3, -0.25) is 0 Å². The number of nitrogen functional groups attached to an aromatic ring is 1. The summed E-state index contributed by atoms with van der Waals surface area (Å²) >= 11 is 0. The third kappa shape index (κ3) is 2.44. The number of nitrogens with two attached hydrogens (primary N) is 1. The smallest absolute Gasteiger partial charge is 0.162 e. The summed E-state index contributed by atoms with van der Waals surface area (Å²) in [5.41, 5.74) is 8.11. The first kappa shape index (κ1) is 13.8. The van der Waals surface area contributed by atoms with E-state index in [1.165, 1.54) is 0 Å². The molecule has 112 valence electrons. The van der Waals surface area contributed by atoms with E-state index in [0.29, 0.717) is 13.2 Å². The number of fused-ring (bicyclic) bond motifs is 1. The van der Waals surface area contributed by atoms with Gasteiger partial charge >= 0.3 is 0 Å². The van der Waals surface area contributed by atoms with Gasteiger partial charge in [0.2, 0.25) is 0 Å². The minimum atomic E-state index is 0.580. The molecule has 5 heteroatoms. The minimum absolute atomic E-state index is 0.580. The van der Waals surface area contributed by atoms with Gasteiger partial charge in [0.15, 0.2) is 11.5 Å². The second kappa shape index (κ2) is 5.68. The first-order valence-electron chi connectivity index (χ1n) is 7.49. The largest absolute Gasteiger partial charge is 0.486 e. The second-order valence-electron chi connectivity index (χ2n) is 5.13. The van der Waals surface area contributed by atoms with Crippen LogP contribution in [0.5, 0.6) is 11.5 Å². The van der Waals surface area contributed by atoms with Crippen molar-refractivity contribution >= 4 is 5.82 Å². The molecule has 0 spiro atoms. The van der Waals surface area contributed by atoms with Gasteiger partial charge in [-0.25, -0.2) is 4.98 Å². The maximum atomic E-state index is 6.30. The fourth-order valence-corrected chi connectivity index (χ4v) is 2.66. The molecule has 0 fully saturated rings. The summed E-state index contributed by atoms with van der Waals surface area (Å²) in [6.45, 7) is 6.31. The Morgan fingerprint density at radius 3 is 2.67 bits per heavy atom. The van der Waals surface area contributed by atoms with E-state index < -0.39 is 0 Å². The summed E-state index contributed by atoms with van der Waals surface area (Å²) < 4.78 is 13.3. The number of imidazole rings is 1. The van der Waals surface area contributed by atoms with Crippen molar-refractivity contribution in [1.29, 1.82) is 0 Å². The second-order valence-corrected chi connectivity index (χ2v) is 5.13. The Morgan fingerprint density at radius 1 is 1.19 bits per heavy atom. The molecule has 2 aromatic rings. The number of hydrogen-bond acceptors (Lipinski definition) is 4. The van der Waals surface area contributed by atoms with Crippen LogP contribution in [0.25, 0.3) is 11.3 Å². The minimum Gasteiger partial charge on any atom is -0.486 e. The summed E-state index contributed by atoms with van der Waals surface area (Å²) in [6.07, 6.45) is 1.91. The van der Waals surface area contributed by atoms with Gasteiger partial charge in [-0.15, -0.1) is 0 Å². The maximum absolute atomic E-state index is 6.30. The van der Waals surface area contributed by atoms with Crippen molar-refractivity contribution in [2.24, 2.45) is 0 Å². The highest BCUT2D eigenvalue weighted by Gasteiger charge is 2.18. The highest BCUT2D eigenvalue weighted by Crippen LogP contribution is 2.36. The standard InChI is InChI=1S/C16H21N3O2/c1-3-7-19-14(4-2)18-15(16(19)17)11-5-6-12-13(10-11)21-9-8-20-12/h5-6,10H,3-4,7-9,17H2,1-2H3. The molecule has 0 unspecified atom stereocenters. The molecule has 2 N–H and O–H groups in total. The van der Waals surface area contributed by atoms with Gasteiger partial charge in [0.05, 0.1) is 0 Å². The summed E-state index contributed by atoms with van der Waals surface area (Å²) in [5.74, 6) is 3.30. The van der Waals surface area contributed by atoms with E-state index in [4.69, 9.17) is 20.2 Å². The van der Waals surface area contributed by atoms with Gasteiger partial charge in [0.1, 0.15) is 30.5 Å². The molecule has 2 heterocycles. The lowest BCUT2D eigenvalue weighted by molar-refractivity contribution is 0.171. The molecule has 0 aliphatic carbocycles. The lowest BCUT2D eigenvalue weighted by Gasteiger charge is -2.18. The Kier molecular flexibility index (Phi) is 3.73. The number of rotatable bonds is 4. The predicted octanol–water partition coefficient (Wildman–Crippen LogP) is 2.88. The van der Waals surface area contributed by atoms with Gasteiger partial charge in [-0.1, -0.05) is 13.8 Å². The molecule has 0 radical (unpaired) electrons. The van der Waals surface area contributed by atoms with Gasteiger partial charge in [-0.05, 0) is 24.6 Å². The van der Waals surface area contributed by atoms with Crippen LogP contribution in [0.15, 0.2) is 18.2 Å². The monoisotopic (exact) mass is 287 g/mol. The lowest BCUT2D eigenvalue weighted by atomic mass is 10.1. The molecular formula is C16H21N3O2. The number of ether oxygens (including phenoxy) is 2. The van der Waals surface area contributed by atoms with Crippen LogP contribution in [0.3, 0.4) is 0 Å². The van der Waals surface area contributed by atoms with Crippen molar-refractivity contribution in [1.82, 2.24) is 9.55 Å². The van der Waals surface area contributed by atoms with Crippen LogP contribution in [-0.4, -0.2) is 22.8 Å². The quantitative estimate of drug-likeness (QED) is 0.939. The molecule has 0 amide bonds. The van der Waals surface area contributed by atoms with Crippen molar-refractivity contribution in [3.63, 3.8) is 0 Å².